The predicted molar refractivity (Wildman–Crippen MR) is 225 cm³/mol. The average Bonchev–Trinajstić information content (AvgIpc) is 3.21. The molecule has 0 radical (unpaired) electrons. The number of amides is 7. The first-order chi connectivity index (χ1) is 29.0. The summed E-state index contributed by atoms with van der Waals surface area (Å²) < 4.78 is 0. The van der Waals surface area contributed by atoms with Gasteiger partial charge >= 0.3 is 0 Å². The summed E-state index contributed by atoms with van der Waals surface area (Å²) in [4.78, 5) is 102. The Balaban J connectivity index is 1.86. The molecule has 1 saturated heterocycles. The van der Waals surface area contributed by atoms with Gasteiger partial charge in [-0.15, -0.1) is 0 Å². The largest absolute Gasteiger partial charge is 0.508 e. The number of aliphatic imine (C=N–C) groups is 2. The van der Waals surface area contributed by atoms with Crippen molar-refractivity contribution in [2.24, 2.45) is 44.4 Å². The summed E-state index contributed by atoms with van der Waals surface area (Å²) in [6.07, 6.45) is 0.220. The number of rotatable bonds is 19. The van der Waals surface area contributed by atoms with Gasteiger partial charge in [0.15, 0.2) is 11.9 Å². The molecule has 1 aliphatic heterocycles. The van der Waals surface area contributed by atoms with Gasteiger partial charge in [-0.25, -0.2) is 0 Å². The number of nitrogens with two attached hydrogens (primary N) is 6. The molecule has 0 aliphatic carbocycles. The number of carbonyl (C=O) groups is 7. The van der Waals surface area contributed by atoms with Crippen molar-refractivity contribution in [1.29, 1.82) is 0 Å². The van der Waals surface area contributed by atoms with Crippen molar-refractivity contribution in [2.75, 3.05) is 19.6 Å². The van der Waals surface area contributed by atoms with E-state index in [0.717, 1.165) is 0 Å². The number of hydrogen-bond acceptors (Lipinski definition) is 11. The number of phenolic OH excluding ortho intramolecular Hbond substituents is 1. The quantitative estimate of drug-likeness (QED) is 0.0363. The van der Waals surface area contributed by atoms with Crippen molar-refractivity contribution in [1.82, 2.24) is 31.9 Å². The summed E-state index contributed by atoms with van der Waals surface area (Å²) in [5.41, 5.74) is 34.6. The molecule has 0 aromatic heterocycles. The van der Waals surface area contributed by atoms with Crippen molar-refractivity contribution in [3.8, 4) is 5.75 Å². The Hall–Kier alpha value is -6.97. The lowest BCUT2D eigenvalue weighted by Crippen LogP contribution is -2.60. The summed E-state index contributed by atoms with van der Waals surface area (Å²) >= 11 is 0. The molecule has 3 rings (SSSR count). The van der Waals surface area contributed by atoms with Crippen LogP contribution in [-0.4, -0.2) is 114 Å². The zero-order valence-corrected chi connectivity index (χ0v) is 33.8. The number of aromatic hydroxyl groups is 1. The van der Waals surface area contributed by atoms with E-state index in [2.05, 4.69) is 41.9 Å². The van der Waals surface area contributed by atoms with Crippen LogP contribution in [0.1, 0.15) is 56.1 Å². The molecular weight excluding hydrogens is 793 g/mol. The van der Waals surface area contributed by atoms with E-state index in [0.29, 0.717) is 11.1 Å². The summed E-state index contributed by atoms with van der Waals surface area (Å²) in [5.74, 6) is -5.74. The lowest BCUT2D eigenvalue weighted by Gasteiger charge is -2.27. The molecule has 2 aromatic rings. The predicted octanol–water partition coefficient (Wildman–Crippen LogP) is -4.18. The minimum absolute atomic E-state index is 0.0291. The molecule has 1 heterocycles. The molecule has 1 fully saturated rings. The second kappa shape index (κ2) is 24.8. The molecule has 22 heteroatoms. The molecular formula is C39H58N14O8. The van der Waals surface area contributed by atoms with Crippen LogP contribution in [0.25, 0.3) is 0 Å². The molecule has 61 heavy (non-hydrogen) atoms. The first-order valence-electron chi connectivity index (χ1n) is 19.8. The molecule has 0 spiro atoms. The van der Waals surface area contributed by atoms with Crippen molar-refractivity contribution in [2.45, 2.75) is 94.0 Å². The molecule has 0 bridgehead atoms. The van der Waals surface area contributed by atoms with E-state index in [1.807, 2.05) is 0 Å². The minimum Gasteiger partial charge on any atom is -0.508 e. The number of nitrogens with one attached hydrogen (secondary N) is 6. The Labute approximate surface area is 352 Å². The zero-order valence-electron chi connectivity index (χ0n) is 33.8. The average molecular weight is 851 g/mol. The summed E-state index contributed by atoms with van der Waals surface area (Å²) in [7, 11) is 0. The Morgan fingerprint density at radius 1 is 0.770 bits per heavy atom. The van der Waals surface area contributed by atoms with E-state index < -0.39 is 84.0 Å². The first-order valence-corrected chi connectivity index (χ1v) is 19.8. The van der Waals surface area contributed by atoms with Crippen molar-refractivity contribution < 1.29 is 38.7 Å². The summed E-state index contributed by atoms with van der Waals surface area (Å²) in [5, 5.41) is 25.3. The van der Waals surface area contributed by atoms with E-state index >= 15 is 0 Å². The maximum atomic E-state index is 14.1. The van der Waals surface area contributed by atoms with E-state index in [1.54, 1.807) is 42.5 Å². The highest BCUT2D eigenvalue weighted by Gasteiger charge is 2.34. The van der Waals surface area contributed by atoms with Crippen LogP contribution < -0.4 is 66.3 Å². The standard InChI is InChI=1S/C39H58N14O8/c40-25(19-23-12-14-24(54)15-13-23)33(57)50-27-10-5-16-46-31(55)21-30(53-36(60)29(52-35(27)59)20-22-7-2-1-3-8-22)37(61)51-28(11-6-18-48-39(44)45)34(58)49-26(32(41)56)9-4-17-47-38(42)43/h1-3,7-8,12-15,25-30,54H,4-6,9-11,16-21,40H2,(H2,41,56)(H,46,55)(H,49,58)(H,50,57)(H,51,61)(H,52,59)(H,53,60)(H4,42,43,47)(H4,44,45,48)/t25-,26-,27-,28-,29-,30+/m0/s1. The lowest BCUT2D eigenvalue weighted by molar-refractivity contribution is -0.136. The number of hydrogen-bond donors (Lipinski definition) is 13. The summed E-state index contributed by atoms with van der Waals surface area (Å²) in [6.45, 7) is 0.262. The van der Waals surface area contributed by atoms with Crippen LogP contribution in [0.5, 0.6) is 5.75 Å². The fraction of sp³-hybridized carbons (Fsp3) is 0.462. The Bertz CT molecular complexity index is 1870. The van der Waals surface area contributed by atoms with Crippen LogP contribution in [0, 0.1) is 0 Å². The fourth-order valence-corrected chi connectivity index (χ4v) is 6.24. The van der Waals surface area contributed by atoms with Gasteiger partial charge in [-0.05, 0) is 68.2 Å². The van der Waals surface area contributed by atoms with E-state index in [9.17, 15) is 38.7 Å². The maximum absolute atomic E-state index is 14.1. The third kappa shape index (κ3) is 17.8. The van der Waals surface area contributed by atoms with Crippen molar-refractivity contribution in [3.05, 3.63) is 65.7 Å². The molecule has 332 valence electrons. The monoisotopic (exact) mass is 850 g/mol. The highest BCUT2D eigenvalue weighted by atomic mass is 16.3. The molecule has 7 amide bonds. The highest BCUT2D eigenvalue weighted by Crippen LogP contribution is 2.12. The van der Waals surface area contributed by atoms with Crippen LogP contribution in [0.2, 0.25) is 0 Å². The number of carbonyl (C=O) groups excluding carboxylic acids is 7. The normalized spacial score (nSPS) is 18.6. The maximum Gasteiger partial charge on any atom is 0.243 e. The van der Waals surface area contributed by atoms with Crippen LogP contribution in [0.3, 0.4) is 0 Å². The zero-order chi connectivity index (χ0) is 44.9. The van der Waals surface area contributed by atoms with E-state index in [1.165, 1.54) is 12.1 Å². The lowest BCUT2D eigenvalue weighted by atomic mass is 10.0. The molecule has 1 aliphatic rings. The SMILES string of the molecule is NC(=O)[C@H](CCCN=C(N)N)NC(=O)[C@H](CCCN=C(N)N)NC(=O)[C@H]1CC(=O)NCCC[C@H](NC(=O)[C@@H](N)Cc2ccc(O)cc2)C(=O)N[C@@H](Cc2ccccc2)C(=O)N1. The number of nitrogens with zero attached hydrogens (tertiary/aromatic N) is 2. The highest BCUT2D eigenvalue weighted by molar-refractivity contribution is 5.98. The Morgan fingerprint density at radius 2 is 1.39 bits per heavy atom. The van der Waals surface area contributed by atoms with Crippen molar-refractivity contribution >= 4 is 53.3 Å². The second-order valence-electron chi connectivity index (χ2n) is 14.5. The topological polar surface area (TPSA) is 393 Å². The van der Waals surface area contributed by atoms with Gasteiger partial charge < -0.3 is 71.4 Å². The van der Waals surface area contributed by atoms with Crippen LogP contribution >= 0.6 is 0 Å². The van der Waals surface area contributed by atoms with Gasteiger partial charge in [0, 0.05) is 26.1 Å². The van der Waals surface area contributed by atoms with Gasteiger partial charge in [0.2, 0.25) is 41.4 Å². The van der Waals surface area contributed by atoms with Crippen LogP contribution in [-0.2, 0) is 46.4 Å². The third-order valence-electron chi connectivity index (χ3n) is 9.48. The molecule has 2 aromatic carbocycles. The smallest absolute Gasteiger partial charge is 0.243 e. The van der Waals surface area contributed by atoms with Crippen LogP contribution in [0.4, 0.5) is 0 Å². The Kier molecular flexibility index (Phi) is 19.7. The van der Waals surface area contributed by atoms with Gasteiger partial charge in [-0.2, -0.15) is 0 Å². The fourth-order valence-electron chi connectivity index (χ4n) is 6.24. The van der Waals surface area contributed by atoms with Gasteiger partial charge in [-0.1, -0.05) is 42.5 Å². The van der Waals surface area contributed by atoms with Crippen molar-refractivity contribution in [3.63, 3.8) is 0 Å². The van der Waals surface area contributed by atoms with Crippen LogP contribution in [0.15, 0.2) is 64.6 Å². The number of benzene rings is 2. The van der Waals surface area contributed by atoms with E-state index in [4.69, 9.17) is 34.4 Å². The second-order valence-corrected chi connectivity index (χ2v) is 14.5. The Morgan fingerprint density at radius 3 is 2.00 bits per heavy atom. The van der Waals surface area contributed by atoms with E-state index in [-0.39, 0.29) is 88.7 Å². The molecule has 0 unspecified atom stereocenters. The van der Waals surface area contributed by atoms with Gasteiger partial charge in [0.1, 0.15) is 36.0 Å². The summed E-state index contributed by atoms with van der Waals surface area (Å²) in [6, 6.07) is 7.23. The van der Waals surface area contributed by atoms with Gasteiger partial charge in [0.05, 0.1) is 12.5 Å². The number of guanidine groups is 2. The third-order valence-corrected chi connectivity index (χ3v) is 9.48. The van der Waals surface area contributed by atoms with Gasteiger partial charge in [0.25, 0.3) is 0 Å². The molecule has 19 N–H and O–H groups in total. The molecule has 6 atom stereocenters. The molecule has 0 saturated carbocycles. The number of primary amides is 1. The van der Waals surface area contributed by atoms with Gasteiger partial charge in [-0.3, -0.25) is 43.5 Å². The first kappa shape index (κ1) is 48.4. The minimum atomic E-state index is -1.56. The molecule has 22 nitrogen and oxygen atoms in total. The number of phenols is 1.